The molecule has 2 amide bonds. The molecule has 0 saturated carbocycles. The second-order valence-electron chi connectivity index (χ2n) is 4.15. The van der Waals surface area contributed by atoms with Crippen LogP contribution in [0.3, 0.4) is 0 Å². The Hall–Kier alpha value is -1.43. The fourth-order valence-corrected chi connectivity index (χ4v) is 2.47. The number of aromatic nitrogens is 2. The molecular formula is C11H15N3O2S. The van der Waals surface area contributed by atoms with Crippen LogP contribution in [-0.2, 0) is 16.0 Å². The Morgan fingerprint density at radius 1 is 1.53 bits per heavy atom. The van der Waals surface area contributed by atoms with Crippen LogP contribution in [0, 0.1) is 4.77 Å². The fourth-order valence-electron chi connectivity index (χ4n) is 2.17. The third-order valence-corrected chi connectivity index (χ3v) is 3.50. The smallest absolute Gasteiger partial charge is 0.252 e. The van der Waals surface area contributed by atoms with E-state index >= 15 is 0 Å². The fraction of sp³-hybridized carbons (Fsp3) is 0.545. The molecule has 0 radical (unpaired) electrons. The van der Waals surface area contributed by atoms with Crippen LogP contribution in [-0.4, -0.2) is 33.3 Å². The molecule has 0 spiro atoms. The Kier molecular flexibility index (Phi) is 3.15. The molecule has 1 aromatic rings. The number of aryl methyl sites for hydroxylation is 1. The molecule has 1 aliphatic heterocycles. The van der Waals surface area contributed by atoms with E-state index in [0.29, 0.717) is 17.6 Å². The maximum atomic E-state index is 12.1. The molecule has 17 heavy (non-hydrogen) atoms. The molecule has 1 saturated heterocycles. The Morgan fingerprint density at radius 3 is 2.88 bits per heavy atom. The number of likely N-dealkylation sites (N-methyl/N-ethyl adjacent to an activating group) is 1. The normalized spacial score (nSPS) is 21.1. The number of aromatic amines is 1. The number of hydrogen-bond donors (Lipinski definition) is 1. The van der Waals surface area contributed by atoms with Gasteiger partial charge < -0.3 is 9.55 Å². The van der Waals surface area contributed by atoms with E-state index in [9.17, 15) is 9.59 Å². The molecule has 1 N–H and O–H groups in total. The Bertz CT molecular complexity index is 517. The van der Waals surface area contributed by atoms with Crippen LogP contribution >= 0.6 is 12.2 Å². The summed E-state index contributed by atoms with van der Waals surface area (Å²) in [6, 6.07) is -0.341. The molecule has 6 heteroatoms. The van der Waals surface area contributed by atoms with Crippen molar-refractivity contribution in [2.45, 2.75) is 32.2 Å². The number of imide groups is 1. The zero-order chi connectivity index (χ0) is 12.6. The van der Waals surface area contributed by atoms with E-state index in [2.05, 4.69) is 4.98 Å². The molecule has 2 heterocycles. The number of carbonyl (C=O) groups excluding carboxylic acids is 2. The summed E-state index contributed by atoms with van der Waals surface area (Å²) in [4.78, 5) is 27.7. The van der Waals surface area contributed by atoms with Crippen molar-refractivity contribution in [2.75, 3.05) is 7.05 Å². The molecule has 1 aromatic heterocycles. The highest BCUT2D eigenvalue weighted by Gasteiger charge is 2.33. The van der Waals surface area contributed by atoms with Gasteiger partial charge >= 0.3 is 0 Å². The average molecular weight is 253 g/mol. The molecular weight excluding hydrogens is 238 g/mol. The summed E-state index contributed by atoms with van der Waals surface area (Å²) < 4.78 is 2.38. The monoisotopic (exact) mass is 253 g/mol. The number of imidazole rings is 1. The lowest BCUT2D eigenvalue weighted by atomic mass is 10.0. The number of piperidine rings is 1. The molecule has 1 atom stereocenters. The number of H-pyrrole nitrogens is 1. The van der Waals surface area contributed by atoms with Gasteiger partial charge in [0, 0.05) is 25.4 Å². The number of hydrogen-bond acceptors (Lipinski definition) is 3. The molecule has 5 nitrogen and oxygen atoms in total. The third kappa shape index (κ3) is 1.93. The van der Waals surface area contributed by atoms with Gasteiger partial charge in [-0.1, -0.05) is 6.92 Å². The molecule has 2 rings (SSSR count). The van der Waals surface area contributed by atoms with Crippen molar-refractivity contribution in [3.8, 4) is 0 Å². The lowest BCUT2D eigenvalue weighted by Crippen LogP contribution is -2.43. The lowest BCUT2D eigenvalue weighted by Gasteiger charge is -2.29. The van der Waals surface area contributed by atoms with Gasteiger partial charge in [-0.3, -0.25) is 14.5 Å². The van der Waals surface area contributed by atoms with Crippen molar-refractivity contribution >= 4 is 24.0 Å². The zero-order valence-corrected chi connectivity index (χ0v) is 10.7. The molecule has 0 aromatic carbocycles. The van der Waals surface area contributed by atoms with Gasteiger partial charge in [-0.05, 0) is 25.1 Å². The van der Waals surface area contributed by atoms with Gasteiger partial charge in [0.15, 0.2) is 4.77 Å². The van der Waals surface area contributed by atoms with Crippen molar-refractivity contribution in [3.63, 3.8) is 0 Å². The lowest BCUT2D eigenvalue weighted by molar-refractivity contribution is -0.149. The van der Waals surface area contributed by atoms with Gasteiger partial charge in [-0.25, -0.2) is 0 Å². The van der Waals surface area contributed by atoms with Crippen molar-refractivity contribution in [3.05, 3.63) is 16.7 Å². The van der Waals surface area contributed by atoms with Gasteiger partial charge in [0.25, 0.3) is 5.91 Å². The van der Waals surface area contributed by atoms with E-state index < -0.39 is 0 Å². The van der Waals surface area contributed by atoms with Crippen LogP contribution in [0.15, 0.2) is 6.20 Å². The number of amides is 2. The van der Waals surface area contributed by atoms with E-state index in [1.165, 1.54) is 11.9 Å². The maximum absolute atomic E-state index is 12.1. The van der Waals surface area contributed by atoms with Crippen molar-refractivity contribution in [1.29, 1.82) is 0 Å². The Morgan fingerprint density at radius 2 is 2.24 bits per heavy atom. The summed E-state index contributed by atoms with van der Waals surface area (Å²) in [7, 11) is 1.53. The van der Waals surface area contributed by atoms with Crippen LogP contribution < -0.4 is 0 Å². The quantitative estimate of drug-likeness (QED) is 0.640. The van der Waals surface area contributed by atoms with Crippen molar-refractivity contribution in [1.82, 2.24) is 14.5 Å². The maximum Gasteiger partial charge on any atom is 0.252 e. The van der Waals surface area contributed by atoms with Crippen LogP contribution in [0.25, 0.3) is 0 Å². The Balaban J connectivity index is 2.40. The topological polar surface area (TPSA) is 58.1 Å². The predicted octanol–water partition coefficient (Wildman–Crippen LogP) is 1.43. The first-order valence-electron chi connectivity index (χ1n) is 5.65. The standard InChI is InChI=1S/C11H15N3O2S/c1-3-7-6-12-11(17)14(7)8-4-5-9(15)13(2)10(8)16/h6,8H,3-5H2,1-2H3,(H,12,17). The van der Waals surface area contributed by atoms with Crippen molar-refractivity contribution < 1.29 is 9.59 Å². The molecule has 1 unspecified atom stereocenters. The summed E-state index contributed by atoms with van der Waals surface area (Å²) in [5, 5.41) is 0. The van der Waals surface area contributed by atoms with E-state index in [1.807, 2.05) is 17.7 Å². The number of rotatable bonds is 2. The molecule has 1 aliphatic rings. The van der Waals surface area contributed by atoms with Crippen molar-refractivity contribution in [2.24, 2.45) is 0 Å². The summed E-state index contributed by atoms with van der Waals surface area (Å²) in [6.07, 6.45) is 3.55. The van der Waals surface area contributed by atoms with Gasteiger partial charge in [0.05, 0.1) is 0 Å². The van der Waals surface area contributed by atoms with Crippen LogP contribution in [0.5, 0.6) is 0 Å². The summed E-state index contributed by atoms with van der Waals surface area (Å²) >= 11 is 5.19. The van der Waals surface area contributed by atoms with E-state index in [0.717, 1.165) is 12.1 Å². The van der Waals surface area contributed by atoms with Gasteiger partial charge in [0.2, 0.25) is 5.91 Å². The number of nitrogens with one attached hydrogen (secondary N) is 1. The van der Waals surface area contributed by atoms with Crippen LogP contribution in [0.2, 0.25) is 0 Å². The van der Waals surface area contributed by atoms with Crippen LogP contribution in [0.1, 0.15) is 31.5 Å². The number of carbonyl (C=O) groups is 2. The zero-order valence-electron chi connectivity index (χ0n) is 9.90. The first-order valence-corrected chi connectivity index (χ1v) is 6.06. The highest BCUT2D eigenvalue weighted by atomic mass is 32.1. The molecule has 0 bridgehead atoms. The van der Waals surface area contributed by atoms with Crippen LogP contribution in [0.4, 0.5) is 0 Å². The molecule has 92 valence electrons. The summed E-state index contributed by atoms with van der Waals surface area (Å²) in [5.74, 6) is -0.294. The summed E-state index contributed by atoms with van der Waals surface area (Å²) in [6.45, 7) is 2.01. The minimum absolute atomic E-state index is 0.119. The second-order valence-corrected chi connectivity index (χ2v) is 4.54. The van der Waals surface area contributed by atoms with E-state index in [1.54, 1.807) is 0 Å². The summed E-state index contributed by atoms with van der Waals surface area (Å²) in [5.41, 5.74) is 0.996. The highest BCUT2D eigenvalue weighted by molar-refractivity contribution is 7.71. The largest absolute Gasteiger partial charge is 0.337 e. The third-order valence-electron chi connectivity index (χ3n) is 3.19. The SMILES string of the molecule is CCc1c[nH]c(=S)n1C1CCC(=O)N(C)C1=O. The van der Waals surface area contributed by atoms with E-state index in [-0.39, 0.29) is 17.9 Å². The van der Waals surface area contributed by atoms with Gasteiger partial charge in [-0.15, -0.1) is 0 Å². The number of likely N-dealkylation sites (tertiary alicyclic amines) is 1. The van der Waals surface area contributed by atoms with E-state index in [4.69, 9.17) is 12.2 Å². The minimum atomic E-state index is -0.341. The van der Waals surface area contributed by atoms with Gasteiger partial charge in [-0.2, -0.15) is 0 Å². The highest BCUT2D eigenvalue weighted by Crippen LogP contribution is 2.25. The Labute approximate surface area is 104 Å². The average Bonchev–Trinajstić information content (AvgIpc) is 2.68. The second kappa shape index (κ2) is 4.44. The predicted molar refractivity (Wildman–Crippen MR) is 65.0 cm³/mol. The van der Waals surface area contributed by atoms with Gasteiger partial charge in [0.1, 0.15) is 6.04 Å². The number of nitrogens with zero attached hydrogens (tertiary/aromatic N) is 2. The molecule has 0 aliphatic carbocycles. The minimum Gasteiger partial charge on any atom is -0.337 e. The molecule has 1 fully saturated rings. The first kappa shape index (κ1) is 12.0. The first-order chi connectivity index (χ1) is 8.06.